The second-order valence-electron chi connectivity index (χ2n) is 6.47. The van der Waals surface area contributed by atoms with Gasteiger partial charge in [-0.2, -0.15) is 5.26 Å². The van der Waals surface area contributed by atoms with Crippen molar-refractivity contribution in [3.63, 3.8) is 0 Å². The smallest absolute Gasteiger partial charge is 0.151 e. The van der Waals surface area contributed by atoms with Gasteiger partial charge in [-0.25, -0.2) is 9.37 Å². The van der Waals surface area contributed by atoms with E-state index >= 15 is 0 Å². The molecule has 0 saturated carbocycles. The van der Waals surface area contributed by atoms with Crippen LogP contribution in [0, 0.1) is 17.1 Å². The largest absolute Gasteiger partial charge is 0.367 e. The van der Waals surface area contributed by atoms with E-state index in [9.17, 15) is 4.39 Å². The Hall–Kier alpha value is -3.53. The van der Waals surface area contributed by atoms with Gasteiger partial charge in [-0.05, 0) is 48.5 Å². The van der Waals surface area contributed by atoms with Gasteiger partial charge in [0.15, 0.2) is 5.82 Å². The van der Waals surface area contributed by atoms with Crippen LogP contribution in [0.25, 0.3) is 11.3 Å². The number of nitrogens with zero attached hydrogens (tertiary/aromatic N) is 6. The monoisotopic (exact) mass is 360 g/mol. The Kier molecular flexibility index (Phi) is 4.38. The minimum absolute atomic E-state index is 0.267. The van der Waals surface area contributed by atoms with Crippen molar-refractivity contribution in [1.29, 1.82) is 5.26 Å². The van der Waals surface area contributed by atoms with Crippen molar-refractivity contribution in [3.05, 3.63) is 66.2 Å². The van der Waals surface area contributed by atoms with E-state index in [1.165, 1.54) is 12.1 Å². The number of anilines is 2. The summed E-state index contributed by atoms with van der Waals surface area (Å²) in [4.78, 5) is 8.43. The van der Waals surface area contributed by atoms with Crippen LogP contribution in [-0.4, -0.2) is 41.4 Å². The number of rotatable bonds is 4. The van der Waals surface area contributed by atoms with Gasteiger partial charge in [0.25, 0.3) is 0 Å². The lowest BCUT2D eigenvalue weighted by atomic mass is 10.1. The molecule has 0 unspecified atom stereocenters. The Morgan fingerprint density at radius 2 is 1.85 bits per heavy atom. The fourth-order valence-electron chi connectivity index (χ4n) is 3.03. The number of halogens is 1. The Morgan fingerprint density at radius 1 is 1.07 bits per heavy atom. The van der Waals surface area contributed by atoms with Crippen LogP contribution in [0.3, 0.4) is 0 Å². The first kappa shape index (κ1) is 16.9. The van der Waals surface area contributed by atoms with Crippen LogP contribution < -0.4 is 9.80 Å². The number of benzene rings is 1. The van der Waals surface area contributed by atoms with Gasteiger partial charge in [0.1, 0.15) is 17.6 Å². The average molecular weight is 360 g/mol. The van der Waals surface area contributed by atoms with Crippen LogP contribution in [0.5, 0.6) is 0 Å². The molecule has 0 spiro atoms. The Bertz CT molecular complexity index is 957. The van der Waals surface area contributed by atoms with Crippen molar-refractivity contribution in [2.75, 3.05) is 29.9 Å². The molecule has 2 aromatic heterocycles. The summed E-state index contributed by atoms with van der Waals surface area (Å²) in [6, 6.07) is 16.1. The highest BCUT2D eigenvalue weighted by Crippen LogP contribution is 2.25. The predicted octanol–water partition coefficient (Wildman–Crippen LogP) is 2.87. The molecule has 0 aliphatic carbocycles. The minimum Gasteiger partial charge on any atom is -0.367 e. The molecule has 0 radical (unpaired) electrons. The average Bonchev–Trinajstić information content (AvgIpc) is 2.68. The van der Waals surface area contributed by atoms with E-state index in [1.54, 1.807) is 24.4 Å². The minimum atomic E-state index is -0.267. The zero-order chi connectivity index (χ0) is 18.8. The number of hydrogen-bond donors (Lipinski definition) is 0. The van der Waals surface area contributed by atoms with Crippen LogP contribution >= 0.6 is 0 Å². The molecule has 1 saturated heterocycles. The van der Waals surface area contributed by atoms with E-state index in [4.69, 9.17) is 5.26 Å². The summed E-state index contributed by atoms with van der Waals surface area (Å²) in [6.45, 7) is 1.67. The summed E-state index contributed by atoms with van der Waals surface area (Å²) < 4.78 is 13.0. The molecular weight excluding hydrogens is 343 g/mol. The summed E-state index contributed by atoms with van der Waals surface area (Å²) in [5, 5.41) is 17.4. The van der Waals surface area contributed by atoms with Gasteiger partial charge in [0, 0.05) is 25.7 Å². The molecule has 27 heavy (non-hydrogen) atoms. The lowest BCUT2D eigenvalue weighted by Gasteiger charge is -2.45. The third-order valence-corrected chi connectivity index (χ3v) is 4.79. The fourth-order valence-corrected chi connectivity index (χ4v) is 3.03. The maximum Gasteiger partial charge on any atom is 0.151 e. The summed E-state index contributed by atoms with van der Waals surface area (Å²) in [7, 11) is 2.02. The second kappa shape index (κ2) is 7.00. The SMILES string of the molecule is CN(c1ccc(C#N)nc1)C1CN(c2ccc(-c3ccc(F)cc3)nn2)C1. The zero-order valence-electron chi connectivity index (χ0n) is 14.7. The van der Waals surface area contributed by atoms with Gasteiger partial charge >= 0.3 is 0 Å². The van der Waals surface area contributed by atoms with Crippen LogP contribution in [0.4, 0.5) is 15.9 Å². The molecule has 1 aliphatic rings. The van der Waals surface area contributed by atoms with Gasteiger partial charge in [-0.15, -0.1) is 10.2 Å². The first-order chi connectivity index (χ1) is 13.1. The van der Waals surface area contributed by atoms with Gasteiger partial charge < -0.3 is 9.80 Å². The molecule has 7 heteroatoms. The highest BCUT2D eigenvalue weighted by molar-refractivity contribution is 5.60. The molecule has 0 atom stereocenters. The van der Waals surface area contributed by atoms with Gasteiger partial charge in [-0.1, -0.05) is 0 Å². The zero-order valence-corrected chi connectivity index (χ0v) is 14.7. The Balaban J connectivity index is 1.38. The van der Waals surface area contributed by atoms with Crippen molar-refractivity contribution in [3.8, 4) is 17.3 Å². The highest BCUT2D eigenvalue weighted by atomic mass is 19.1. The van der Waals surface area contributed by atoms with E-state index in [2.05, 4.69) is 25.0 Å². The van der Waals surface area contributed by atoms with Crippen molar-refractivity contribution in [2.45, 2.75) is 6.04 Å². The molecule has 0 N–H and O–H groups in total. The third kappa shape index (κ3) is 3.42. The summed E-state index contributed by atoms with van der Waals surface area (Å²) in [5.74, 6) is 0.556. The maximum atomic E-state index is 13.0. The normalized spacial score (nSPS) is 13.7. The van der Waals surface area contributed by atoms with Crippen LogP contribution in [0.2, 0.25) is 0 Å². The van der Waals surface area contributed by atoms with Crippen molar-refractivity contribution < 1.29 is 4.39 Å². The van der Waals surface area contributed by atoms with Gasteiger partial charge in [-0.3, -0.25) is 0 Å². The molecule has 4 rings (SSSR count). The molecule has 3 heterocycles. The topological polar surface area (TPSA) is 68.9 Å². The maximum absolute atomic E-state index is 13.0. The van der Waals surface area contributed by atoms with E-state index in [-0.39, 0.29) is 5.82 Å². The van der Waals surface area contributed by atoms with Crippen LogP contribution in [0.1, 0.15) is 5.69 Å². The van der Waals surface area contributed by atoms with E-state index in [0.29, 0.717) is 11.7 Å². The fraction of sp³-hybridized carbons (Fsp3) is 0.200. The third-order valence-electron chi connectivity index (χ3n) is 4.79. The van der Waals surface area contributed by atoms with Crippen molar-refractivity contribution in [1.82, 2.24) is 15.2 Å². The molecule has 6 nitrogen and oxygen atoms in total. The molecule has 3 aromatic rings. The van der Waals surface area contributed by atoms with Crippen molar-refractivity contribution in [2.24, 2.45) is 0 Å². The van der Waals surface area contributed by atoms with Gasteiger partial charge in [0.05, 0.1) is 23.6 Å². The Labute approximate surface area is 156 Å². The standard InChI is InChI=1S/C20H17FN6/c1-26(17-7-6-16(10-22)23-11-17)18-12-27(13-18)20-9-8-19(24-25-20)14-2-4-15(21)5-3-14/h2-9,11,18H,12-13H2,1H3. The number of nitriles is 1. The predicted molar refractivity (Wildman–Crippen MR) is 101 cm³/mol. The lowest BCUT2D eigenvalue weighted by molar-refractivity contribution is 0.490. The second-order valence-corrected chi connectivity index (χ2v) is 6.47. The summed E-state index contributed by atoms with van der Waals surface area (Å²) in [6.07, 6.45) is 1.72. The molecule has 0 bridgehead atoms. The summed E-state index contributed by atoms with van der Waals surface area (Å²) in [5.41, 5.74) is 2.96. The molecule has 1 aliphatic heterocycles. The molecule has 1 fully saturated rings. The van der Waals surface area contributed by atoms with Crippen molar-refractivity contribution >= 4 is 11.5 Å². The number of likely N-dealkylation sites (N-methyl/N-ethyl adjacent to an activating group) is 1. The van der Waals surface area contributed by atoms with E-state index in [1.807, 2.05) is 31.3 Å². The number of aromatic nitrogens is 3. The molecular formula is C20H17FN6. The number of hydrogen-bond acceptors (Lipinski definition) is 6. The highest BCUT2D eigenvalue weighted by Gasteiger charge is 2.31. The molecule has 134 valence electrons. The summed E-state index contributed by atoms with van der Waals surface area (Å²) >= 11 is 0. The van der Waals surface area contributed by atoms with Crippen LogP contribution in [0.15, 0.2) is 54.7 Å². The molecule has 1 aromatic carbocycles. The first-order valence-electron chi connectivity index (χ1n) is 8.57. The molecule has 0 amide bonds. The first-order valence-corrected chi connectivity index (χ1v) is 8.57. The van der Waals surface area contributed by atoms with Crippen LogP contribution in [-0.2, 0) is 0 Å². The van der Waals surface area contributed by atoms with E-state index < -0.39 is 0 Å². The Morgan fingerprint density at radius 3 is 2.44 bits per heavy atom. The lowest BCUT2D eigenvalue weighted by Crippen LogP contribution is -2.59. The number of pyridine rings is 1. The van der Waals surface area contributed by atoms with E-state index in [0.717, 1.165) is 35.9 Å². The van der Waals surface area contributed by atoms with Gasteiger partial charge in [0.2, 0.25) is 0 Å². The quantitative estimate of drug-likeness (QED) is 0.713.